The van der Waals surface area contributed by atoms with Crippen molar-refractivity contribution in [2.75, 3.05) is 5.73 Å². The summed E-state index contributed by atoms with van der Waals surface area (Å²) in [5.74, 6) is -0.538. The molecule has 100 valence electrons. The lowest BCUT2D eigenvalue weighted by molar-refractivity contribution is 0.412. The van der Waals surface area contributed by atoms with Crippen LogP contribution in [0.4, 0.5) is 10.1 Å². The van der Waals surface area contributed by atoms with E-state index in [0.717, 1.165) is 44.2 Å². The van der Waals surface area contributed by atoms with Gasteiger partial charge in [0.2, 0.25) is 10.0 Å². The number of hydrogen-bond acceptors (Lipinski definition) is 3. The zero-order chi connectivity index (χ0) is 13.2. The van der Waals surface area contributed by atoms with Crippen LogP contribution in [0.1, 0.15) is 32.1 Å². The molecule has 0 amide bonds. The van der Waals surface area contributed by atoms with Crippen molar-refractivity contribution in [3.63, 3.8) is 0 Å². The number of benzene rings is 1. The molecular formula is C12H17FN2O2S. The monoisotopic (exact) mass is 272 g/mol. The second kappa shape index (κ2) is 5.24. The third-order valence-corrected chi connectivity index (χ3v) is 4.78. The minimum absolute atomic E-state index is 0.0341. The number of sulfonamides is 1. The molecule has 1 aromatic carbocycles. The highest BCUT2D eigenvalue weighted by Crippen LogP contribution is 2.23. The molecule has 1 aromatic rings. The maximum absolute atomic E-state index is 12.9. The van der Waals surface area contributed by atoms with Gasteiger partial charge in [-0.1, -0.05) is 19.3 Å². The van der Waals surface area contributed by atoms with E-state index >= 15 is 0 Å². The Morgan fingerprint density at radius 2 is 1.89 bits per heavy atom. The zero-order valence-corrected chi connectivity index (χ0v) is 10.8. The van der Waals surface area contributed by atoms with Crippen LogP contribution in [-0.4, -0.2) is 14.5 Å². The largest absolute Gasteiger partial charge is 0.398 e. The highest BCUT2D eigenvalue weighted by Gasteiger charge is 2.23. The first-order valence-corrected chi connectivity index (χ1v) is 7.55. The van der Waals surface area contributed by atoms with E-state index in [9.17, 15) is 12.8 Å². The van der Waals surface area contributed by atoms with Gasteiger partial charge in [-0.15, -0.1) is 0 Å². The molecule has 3 N–H and O–H groups in total. The first-order chi connectivity index (χ1) is 8.49. The van der Waals surface area contributed by atoms with Gasteiger partial charge in [-0.25, -0.2) is 17.5 Å². The molecular weight excluding hydrogens is 255 g/mol. The molecule has 0 unspecified atom stereocenters. The molecule has 1 saturated carbocycles. The Morgan fingerprint density at radius 3 is 2.50 bits per heavy atom. The lowest BCUT2D eigenvalue weighted by atomic mass is 9.96. The lowest BCUT2D eigenvalue weighted by Gasteiger charge is -2.22. The molecule has 2 rings (SSSR count). The van der Waals surface area contributed by atoms with Gasteiger partial charge in [0.1, 0.15) is 10.7 Å². The Bertz CT molecular complexity index is 525. The topological polar surface area (TPSA) is 72.2 Å². The van der Waals surface area contributed by atoms with Crippen molar-refractivity contribution in [2.45, 2.75) is 43.0 Å². The molecule has 0 aliphatic heterocycles. The second-order valence-electron chi connectivity index (χ2n) is 4.64. The molecule has 0 saturated heterocycles. The lowest BCUT2D eigenvalue weighted by Crippen LogP contribution is -2.36. The smallest absolute Gasteiger partial charge is 0.242 e. The molecule has 0 spiro atoms. The number of rotatable bonds is 3. The Labute approximate surface area is 106 Å². The van der Waals surface area contributed by atoms with Crippen molar-refractivity contribution < 1.29 is 12.8 Å². The van der Waals surface area contributed by atoms with Gasteiger partial charge in [0.05, 0.1) is 5.69 Å². The molecule has 0 atom stereocenters. The van der Waals surface area contributed by atoms with Gasteiger partial charge in [-0.2, -0.15) is 0 Å². The molecule has 0 heterocycles. The van der Waals surface area contributed by atoms with E-state index in [2.05, 4.69) is 4.72 Å². The fourth-order valence-corrected chi connectivity index (χ4v) is 3.69. The molecule has 4 nitrogen and oxygen atoms in total. The van der Waals surface area contributed by atoms with Crippen LogP contribution in [0.25, 0.3) is 0 Å². The van der Waals surface area contributed by atoms with Crippen LogP contribution in [0, 0.1) is 5.82 Å². The van der Waals surface area contributed by atoms with E-state index in [1.54, 1.807) is 0 Å². The Hall–Kier alpha value is -1.14. The van der Waals surface area contributed by atoms with Gasteiger partial charge in [-0.3, -0.25) is 0 Å². The van der Waals surface area contributed by atoms with Crippen molar-refractivity contribution in [3.05, 3.63) is 24.0 Å². The van der Waals surface area contributed by atoms with Gasteiger partial charge in [-0.05, 0) is 31.0 Å². The fourth-order valence-electron chi connectivity index (χ4n) is 2.27. The van der Waals surface area contributed by atoms with Crippen molar-refractivity contribution >= 4 is 15.7 Å². The fraction of sp³-hybridized carbons (Fsp3) is 0.500. The van der Waals surface area contributed by atoms with E-state index in [4.69, 9.17) is 5.73 Å². The summed E-state index contributed by atoms with van der Waals surface area (Å²) in [4.78, 5) is -0.0468. The van der Waals surface area contributed by atoms with Crippen molar-refractivity contribution in [3.8, 4) is 0 Å². The van der Waals surface area contributed by atoms with Crippen LogP contribution in [0.5, 0.6) is 0 Å². The minimum Gasteiger partial charge on any atom is -0.398 e. The van der Waals surface area contributed by atoms with Crippen molar-refractivity contribution in [1.29, 1.82) is 0 Å². The molecule has 0 aromatic heterocycles. The van der Waals surface area contributed by atoms with Crippen LogP contribution in [-0.2, 0) is 10.0 Å². The van der Waals surface area contributed by atoms with E-state index in [0.29, 0.717) is 0 Å². The summed E-state index contributed by atoms with van der Waals surface area (Å²) in [6.45, 7) is 0. The van der Waals surface area contributed by atoms with Gasteiger partial charge in [0.15, 0.2) is 0 Å². The summed E-state index contributed by atoms with van der Waals surface area (Å²) in [6.07, 6.45) is 4.91. The number of halogens is 1. The number of nitrogen functional groups attached to an aromatic ring is 1. The predicted molar refractivity (Wildman–Crippen MR) is 68.0 cm³/mol. The maximum Gasteiger partial charge on any atom is 0.242 e. The minimum atomic E-state index is -3.65. The predicted octanol–water partition coefficient (Wildman–Crippen LogP) is 2.02. The Kier molecular flexibility index (Phi) is 3.87. The molecule has 0 bridgehead atoms. The van der Waals surface area contributed by atoms with Gasteiger partial charge in [0.25, 0.3) is 0 Å². The van der Waals surface area contributed by atoms with E-state index in [1.807, 2.05) is 0 Å². The van der Waals surface area contributed by atoms with Crippen LogP contribution in [0.3, 0.4) is 0 Å². The summed E-state index contributed by atoms with van der Waals surface area (Å²) in [5, 5.41) is 0. The molecule has 1 aliphatic carbocycles. The summed E-state index contributed by atoms with van der Waals surface area (Å²) < 4.78 is 39.8. The van der Waals surface area contributed by atoms with Crippen LogP contribution < -0.4 is 10.5 Å². The summed E-state index contributed by atoms with van der Waals surface area (Å²) in [6, 6.07) is 3.30. The molecule has 1 aliphatic rings. The van der Waals surface area contributed by atoms with E-state index in [-0.39, 0.29) is 16.6 Å². The van der Waals surface area contributed by atoms with E-state index in [1.165, 1.54) is 6.07 Å². The third-order valence-electron chi connectivity index (χ3n) is 3.19. The highest BCUT2D eigenvalue weighted by molar-refractivity contribution is 7.89. The van der Waals surface area contributed by atoms with Gasteiger partial charge >= 0.3 is 0 Å². The SMILES string of the molecule is Nc1cc(F)ccc1S(=O)(=O)NC1CCCCC1. The van der Waals surface area contributed by atoms with Crippen LogP contribution >= 0.6 is 0 Å². The van der Waals surface area contributed by atoms with Crippen molar-refractivity contribution in [2.24, 2.45) is 0 Å². The average molecular weight is 272 g/mol. The molecule has 0 radical (unpaired) electrons. The van der Waals surface area contributed by atoms with Crippen molar-refractivity contribution in [1.82, 2.24) is 4.72 Å². The zero-order valence-electron chi connectivity index (χ0n) is 10.0. The number of nitrogens with two attached hydrogens (primary N) is 1. The molecule has 6 heteroatoms. The number of anilines is 1. The molecule has 18 heavy (non-hydrogen) atoms. The summed E-state index contributed by atoms with van der Waals surface area (Å²) >= 11 is 0. The molecule has 1 fully saturated rings. The highest BCUT2D eigenvalue weighted by atomic mass is 32.2. The summed E-state index contributed by atoms with van der Waals surface area (Å²) in [7, 11) is -3.65. The third kappa shape index (κ3) is 3.00. The van der Waals surface area contributed by atoms with Gasteiger partial charge < -0.3 is 5.73 Å². The maximum atomic E-state index is 12.9. The van der Waals surface area contributed by atoms with Gasteiger partial charge in [0, 0.05) is 6.04 Å². The average Bonchev–Trinajstić information content (AvgIpc) is 2.29. The summed E-state index contributed by atoms with van der Waals surface area (Å²) in [5.41, 5.74) is 5.50. The Morgan fingerprint density at radius 1 is 1.22 bits per heavy atom. The van der Waals surface area contributed by atoms with E-state index < -0.39 is 15.8 Å². The van der Waals surface area contributed by atoms with Crippen LogP contribution in [0.2, 0.25) is 0 Å². The quantitative estimate of drug-likeness (QED) is 0.827. The second-order valence-corrected chi connectivity index (χ2v) is 6.32. The standard InChI is InChI=1S/C12H17FN2O2S/c13-9-6-7-12(11(14)8-9)18(16,17)15-10-4-2-1-3-5-10/h6-8,10,15H,1-5,14H2. The number of hydrogen-bond donors (Lipinski definition) is 2. The first kappa shape index (κ1) is 13.3. The van der Waals surface area contributed by atoms with Crippen LogP contribution in [0.15, 0.2) is 23.1 Å². The normalized spacial score (nSPS) is 17.8. The first-order valence-electron chi connectivity index (χ1n) is 6.06. The number of nitrogens with one attached hydrogen (secondary N) is 1. The Balaban J connectivity index is 2.19.